The zero-order valence-electron chi connectivity index (χ0n) is 44.3. The van der Waals surface area contributed by atoms with Crippen LogP contribution in [-0.4, -0.2) is 190 Å². The molecule has 2 aromatic carbocycles. The maximum absolute atomic E-state index is 14.1. The summed E-state index contributed by atoms with van der Waals surface area (Å²) >= 11 is 0. The van der Waals surface area contributed by atoms with Crippen molar-refractivity contribution in [1.29, 1.82) is 0 Å². The highest BCUT2D eigenvalue weighted by atomic mass is 32.2. The van der Waals surface area contributed by atoms with Crippen LogP contribution in [0.4, 0.5) is 4.79 Å². The summed E-state index contributed by atoms with van der Waals surface area (Å²) < 4.78 is 73.8. The van der Waals surface area contributed by atoms with Gasteiger partial charge in [0.25, 0.3) is 11.1 Å². The molecule has 6 aromatic rings. The quantitative estimate of drug-likeness (QED) is 0.0674. The van der Waals surface area contributed by atoms with E-state index in [-0.39, 0.29) is 93.0 Å². The Kier molecular flexibility index (Phi) is 17.9. The Morgan fingerprint density at radius 2 is 0.975 bits per heavy atom. The number of aliphatic hydroxyl groups is 1. The van der Waals surface area contributed by atoms with Crippen molar-refractivity contribution in [3.63, 3.8) is 0 Å². The number of benzene rings is 2. The number of carboxylic acids is 3. The average Bonchev–Trinajstić information content (AvgIpc) is 3.91. The molecule has 426 valence electrons. The summed E-state index contributed by atoms with van der Waals surface area (Å²) in [6.45, 7) is 8.73. The van der Waals surface area contributed by atoms with Gasteiger partial charge in [-0.05, 0) is 63.1 Å². The topological polar surface area (TPSA) is 376 Å². The molecule has 0 radical (unpaired) electrons. The molecule has 30 heteroatoms. The van der Waals surface area contributed by atoms with Crippen LogP contribution in [0.15, 0.2) is 55.8 Å². The minimum absolute atomic E-state index is 0.0237. The second kappa shape index (κ2) is 24.1. The molecular weight excluding hydrogens is 1080 g/mol. The first-order chi connectivity index (χ1) is 37.4. The van der Waals surface area contributed by atoms with E-state index < -0.39 is 67.5 Å². The first-order valence-electron chi connectivity index (χ1n) is 25.3. The number of carbonyl (C=O) groups is 4. The number of aromatic nitrogens is 8. The molecule has 2 fully saturated rings. The number of nitrogens with zero attached hydrogens (tertiary/aromatic N) is 10. The van der Waals surface area contributed by atoms with Crippen LogP contribution < -0.4 is 20.6 Å². The third-order valence-corrected chi connectivity index (χ3v) is 16.9. The van der Waals surface area contributed by atoms with Gasteiger partial charge in [-0.3, -0.25) is 28.5 Å². The van der Waals surface area contributed by atoms with Crippen LogP contribution in [0.3, 0.4) is 0 Å². The van der Waals surface area contributed by atoms with Crippen LogP contribution in [-0.2, 0) is 61.4 Å². The zero-order valence-corrected chi connectivity index (χ0v) is 45.9. The lowest BCUT2D eigenvalue weighted by Gasteiger charge is -2.40. The van der Waals surface area contributed by atoms with Gasteiger partial charge in [-0.1, -0.05) is 26.7 Å². The normalized spacial score (nSPS) is 14.8. The van der Waals surface area contributed by atoms with Crippen molar-refractivity contribution in [2.24, 2.45) is 14.1 Å². The van der Waals surface area contributed by atoms with E-state index in [1.165, 1.54) is 42.2 Å². The van der Waals surface area contributed by atoms with Crippen molar-refractivity contribution < 1.29 is 65.9 Å². The van der Waals surface area contributed by atoms with E-state index in [9.17, 15) is 45.6 Å². The van der Waals surface area contributed by atoms with Gasteiger partial charge < -0.3 is 49.7 Å². The van der Waals surface area contributed by atoms with Gasteiger partial charge in [0.2, 0.25) is 20.0 Å². The van der Waals surface area contributed by atoms with Crippen molar-refractivity contribution >= 4 is 66.1 Å². The van der Waals surface area contributed by atoms with E-state index >= 15 is 0 Å². The minimum Gasteiger partial charge on any atom is -0.493 e. The van der Waals surface area contributed by atoms with Gasteiger partial charge in [0, 0.05) is 66.5 Å². The molecule has 2 amide bonds. The van der Waals surface area contributed by atoms with Gasteiger partial charge in [0.05, 0.1) is 58.4 Å². The molecule has 0 saturated carbocycles. The predicted molar refractivity (Wildman–Crippen MR) is 283 cm³/mol. The van der Waals surface area contributed by atoms with E-state index in [1.807, 2.05) is 13.8 Å². The maximum Gasteiger partial charge on any atom is 0.336 e. The Balaban J connectivity index is 0.000000616. The lowest BCUT2D eigenvalue weighted by atomic mass is 9.96. The fraction of sp³-hybridized carbons (Fsp3) is 0.469. The Hall–Kier alpha value is -7.80. The fourth-order valence-corrected chi connectivity index (χ4v) is 12.2. The second-order valence-corrected chi connectivity index (χ2v) is 22.5. The number of piperazine rings is 2. The van der Waals surface area contributed by atoms with E-state index in [4.69, 9.17) is 39.9 Å². The number of carboxylic acid groups (broad SMARTS) is 3. The number of rotatable bonds is 19. The number of sulfonamides is 2. The molecular formula is C49H62N12O16S2. The van der Waals surface area contributed by atoms with Gasteiger partial charge in [0.15, 0.2) is 16.6 Å². The summed E-state index contributed by atoms with van der Waals surface area (Å²) in [6.07, 6.45) is 0.499. The highest BCUT2D eigenvalue weighted by Gasteiger charge is 2.41. The Morgan fingerprint density at radius 1 is 0.608 bits per heavy atom. The van der Waals surface area contributed by atoms with Gasteiger partial charge in [-0.25, -0.2) is 36.4 Å². The van der Waals surface area contributed by atoms with E-state index in [0.29, 0.717) is 68.9 Å². The molecule has 0 atom stereocenters. The first-order valence-corrected chi connectivity index (χ1v) is 28.2. The van der Waals surface area contributed by atoms with Crippen LogP contribution in [0.1, 0.15) is 64.8 Å². The Bertz CT molecular complexity index is 3430. The minimum atomic E-state index is -4.07. The number of urea groups is 1. The molecule has 6 heterocycles. The summed E-state index contributed by atoms with van der Waals surface area (Å²) in [6, 6.07) is 8.57. The lowest BCUT2D eigenvalue weighted by Crippen LogP contribution is -2.57. The molecule has 28 nitrogen and oxygen atoms in total. The van der Waals surface area contributed by atoms with Crippen molar-refractivity contribution in [3.05, 3.63) is 68.5 Å². The molecule has 6 N–H and O–H groups in total. The smallest absolute Gasteiger partial charge is 0.336 e. The number of ether oxygens (including phenoxy) is 2. The van der Waals surface area contributed by atoms with Gasteiger partial charge in [-0.2, -0.15) is 18.8 Å². The van der Waals surface area contributed by atoms with E-state index in [1.54, 1.807) is 49.9 Å². The molecule has 4 aromatic heterocycles. The third-order valence-electron chi connectivity index (χ3n) is 13.1. The molecule has 2 saturated heterocycles. The van der Waals surface area contributed by atoms with E-state index in [2.05, 4.69) is 20.2 Å². The van der Waals surface area contributed by atoms with Crippen LogP contribution in [0, 0.1) is 0 Å². The lowest BCUT2D eigenvalue weighted by molar-refractivity contribution is -0.170. The van der Waals surface area contributed by atoms with Gasteiger partial charge in [-0.15, -0.1) is 0 Å². The standard InChI is InChI=1S/C43H54N12O9S2.C6H8O7/c1-7-11-31-35-37(50(5)48-31)41(56)46-39(44-35)29-25-27(13-15-33(29)63-9-3)65(59,60)54-21-17-52(18-22-54)43(58)53-19-23-55(24-20-53)66(61,62)28-14-16-34(64-10-4)30(26-28)40-45-36-32(12-8-2)49-51(6)38(36)42(57)47-40;7-3(8)1-6(13,5(11)12)2-4(9)10/h13-16,25-26H,7-12,17-24H2,1-6H3,(H,44,46,56)(H,45,47,57);13H,1-2H2,(H,7,8)(H,9,10)(H,11,12). The number of hydrogen-bond acceptors (Lipinski definition) is 17. The van der Waals surface area contributed by atoms with Crippen LogP contribution in [0.5, 0.6) is 11.5 Å². The molecule has 8 rings (SSSR count). The summed E-state index contributed by atoms with van der Waals surface area (Å²) in [4.78, 5) is 89.0. The number of aryl methyl sites for hydroxylation is 4. The second-order valence-electron chi connectivity index (χ2n) is 18.6. The van der Waals surface area contributed by atoms with E-state index in [0.717, 1.165) is 12.8 Å². The average molecular weight is 1140 g/mol. The molecule has 79 heavy (non-hydrogen) atoms. The molecule has 0 spiro atoms. The van der Waals surface area contributed by atoms with Gasteiger partial charge in [0.1, 0.15) is 34.2 Å². The van der Waals surface area contributed by atoms with Crippen LogP contribution in [0.25, 0.3) is 44.8 Å². The van der Waals surface area contributed by atoms with Gasteiger partial charge >= 0.3 is 23.9 Å². The van der Waals surface area contributed by atoms with Crippen LogP contribution >= 0.6 is 0 Å². The molecule has 0 aliphatic carbocycles. The predicted octanol–water partition coefficient (Wildman–Crippen LogP) is 1.85. The number of H-pyrrole nitrogens is 2. The summed E-state index contributed by atoms with van der Waals surface area (Å²) in [5.41, 5.74) is -0.125. The largest absolute Gasteiger partial charge is 0.493 e. The third kappa shape index (κ3) is 12.4. The Labute approximate surface area is 452 Å². The number of aromatic amines is 2. The summed E-state index contributed by atoms with van der Waals surface area (Å²) in [5.74, 6) is -4.01. The number of nitrogens with one attached hydrogen (secondary N) is 2. The number of amides is 2. The highest BCUT2D eigenvalue weighted by molar-refractivity contribution is 7.89. The van der Waals surface area contributed by atoms with Crippen molar-refractivity contribution in [2.75, 3.05) is 65.6 Å². The molecule has 0 bridgehead atoms. The summed E-state index contributed by atoms with van der Waals surface area (Å²) in [7, 11) is -4.79. The van der Waals surface area contributed by atoms with Crippen LogP contribution in [0.2, 0.25) is 0 Å². The Morgan fingerprint density at radius 3 is 1.29 bits per heavy atom. The van der Waals surface area contributed by atoms with Crippen molar-refractivity contribution in [2.45, 2.75) is 81.6 Å². The maximum atomic E-state index is 14.1. The number of fused-ring (bicyclic) bond motifs is 2. The number of hydrogen-bond donors (Lipinski definition) is 6. The zero-order chi connectivity index (χ0) is 57.7. The van der Waals surface area contributed by atoms with Crippen molar-refractivity contribution in [1.82, 2.24) is 57.9 Å². The molecule has 2 aliphatic heterocycles. The highest BCUT2D eigenvalue weighted by Crippen LogP contribution is 2.35. The fourth-order valence-electron chi connectivity index (χ4n) is 9.28. The molecule has 2 aliphatic rings. The monoisotopic (exact) mass is 1140 g/mol. The first kappa shape index (κ1) is 58.9. The van der Waals surface area contributed by atoms with Crippen molar-refractivity contribution in [3.8, 4) is 34.3 Å². The summed E-state index contributed by atoms with van der Waals surface area (Å²) in [5, 5.41) is 42.8. The molecule has 0 unspecified atom stereocenters. The number of carbonyl (C=O) groups excluding carboxylic acids is 1. The number of aliphatic carboxylic acids is 3. The SMILES string of the molecule is CCCc1nn(C)c2c(=O)[nH]c(-c3cc(S(=O)(=O)N4CCN(C(=O)N5CCN(S(=O)(=O)c6ccc(OCC)c(-c7nc8c(CCC)nn(C)c8c(=O)[nH]7)c6)CC5)CC4)ccc3OCC)nc12.O=C(O)CC(O)(CC(=O)O)C(=O)O.